The van der Waals surface area contributed by atoms with Gasteiger partial charge in [0.25, 0.3) is 0 Å². The zero-order valence-electron chi connectivity index (χ0n) is 17.6. The van der Waals surface area contributed by atoms with Crippen molar-refractivity contribution in [1.82, 2.24) is 14.3 Å². The number of nitrogens with zero attached hydrogens (tertiary/aromatic N) is 3. The first-order valence-electron chi connectivity index (χ1n) is 9.16. The Bertz CT molecular complexity index is 1190. The molecule has 0 aliphatic heterocycles. The van der Waals surface area contributed by atoms with E-state index in [-0.39, 0.29) is 22.1 Å². The van der Waals surface area contributed by atoms with Crippen LogP contribution < -0.4 is 25.6 Å². The number of benzene rings is 2. The quantitative estimate of drug-likeness (QED) is 0.514. The molecule has 0 saturated heterocycles. The Hall–Kier alpha value is -3.31. The van der Waals surface area contributed by atoms with Crippen molar-refractivity contribution in [2.75, 3.05) is 38.9 Å². The highest BCUT2D eigenvalue weighted by Gasteiger charge is 2.21. The summed E-state index contributed by atoms with van der Waals surface area (Å²) in [4.78, 5) is 8.69. The van der Waals surface area contributed by atoms with E-state index in [1.54, 1.807) is 50.6 Å². The van der Waals surface area contributed by atoms with Crippen LogP contribution in [0.4, 0.5) is 23.1 Å². The summed E-state index contributed by atoms with van der Waals surface area (Å²) >= 11 is 0. The number of ether oxygens (including phenoxy) is 2. The van der Waals surface area contributed by atoms with Crippen molar-refractivity contribution < 1.29 is 17.9 Å². The van der Waals surface area contributed by atoms with E-state index in [1.165, 1.54) is 26.4 Å². The van der Waals surface area contributed by atoms with E-state index in [2.05, 4.69) is 20.6 Å². The molecule has 1 heterocycles. The second-order valence-electron chi connectivity index (χ2n) is 6.60. The molecule has 2 N–H and O–H groups in total. The Morgan fingerprint density at radius 3 is 2.42 bits per heavy atom. The van der Waals surface area contributed by atoms with Gasteiger partial charge in [-0.05, 0) is 29.7 Å². The van der Waals surface area contributed by atoms with Crippen LogP contribution in [0.25, 0.3) is 0 Å². The molecule has 2 aromatic carbocycles. The number of anilines is 4. The first kappa shape index (κ1) is 22.4. The minimum atomic E-state index is -3.68. The fourth-order valence-electron chi connectivity index (χ4n) is 2.70. The fraction of sp³-hybridized carbons (Fsp3) is 0.200. The summed E-state index contributed by atoms with van der Waals surface area (Å²) in [6.07, 6.45) is 1.42. The second-order valence-corrected chi connectivity index (χ2v) is 8.72. The van der Waals surface area contributed by atoms with Gasteiger partial charge < -0.3 is 20.1 Å². The van der Waals surface area contributed by atoms with Crippen molar-refractivity contribution in [3.8, 4) is 11.5 Å². The van der Waals surface area contributed by atoms with Crippen LogP contribution in [-0.4, -0.2) is 58.9 Å². The third-order valence-corrected chi connectivity index (χ3v) is 6.24. The lowest BCUT2D eigenvalue weighted by atomic mass is 9.99. The molecule has 3 aromatic rings. The Kier molecular flexibility index (Phi) is 6.66. The van der Waals surface area contributed by atoms with Gasteiger partial charge in [-0.3, -0.25) is 0 Å². The standard InChI is InChI=1S/C20H22BN5O4S/c1-26(2)31(27,28)18-8-6-5-7-15(18)23-19-14(21)12-22-20(25-19)24-16-11-13(29-3)9-10-17(16)30-4/h5-12H,1-4H3,(H2,22,23,24,25). The van der Waals surface area contributed by atoms with Gasteiger partial charge in [0.05, 0.1) is 25.6 Å². The lowest BCUT2D eigenvalue weighted by Crippen LogP contribution is -2.23. The molecule has 0 spiro atoms. The molecule has 0 atom stereocenters. The molecule has 0 saturated carbocycles. The highest BCUT2D eigenvalue weighted by atomic mass is 32.2. The average molecular weight is 439 g/mol. The molecule has 31 heavy (non-hydrogen) atoms. The summed E-state index contributed by atoms with van der Waals surface area (Å²) in [5.41, 5.74) is 1.18. The molecule has 0 aliphatic carbocycles. The minimum absolute atomic E-state index is 0.0991. The van der Waals surface area contributed by atoms with Crippen LogP contribution >= 0.6 is 0 Å². The molecule has 0 unspecified atom stereocenters. The molecule has 2 radical (unpaired) electrons. The van der Waals surface area contributed by atoms with Gasteiger partial charge >= 0.3 is 0 Å². The van der Waals surface area contributed by atoms with Gasteiger partial charge in [-0.2, -0.15) is 4.98 Å². The summed E-state index contributed by atoms with van der Waals surface area (Å²) in [5.74, 6) is 1.68. The Labute approximate surface area is 182 Å². The first-order chi connectivity index (χ1) is 14.8. The van der Waals surface area contributed by atoms with E-state index in [0.29, 0.717) is 22.9 Å². The predicted molar refractivity (Wildman–Crippen MR) is 121 cm³/mol. The number of sulfonamides is 1. The van der Waals surface area contributed by atoms with Crippen LogP contribution in [0.3, 0.4) is 0 Å². The number of rotatable bonds is 8. The number of para-hydroxylation sites is 1. The lowest BCUT2D eigenvalue weighted by Gasteiger charge is -2.17. The van der Waals surface area contributed by atoms with Crippen LogP contribution in [0.5, 0.6) is 11.5 Å². The molecule has 0 fully saturated rings. The average Bonchev–Trinajstić information content (AvgIpc) is 2.76. The molecular formula is C20H22BN5O4S. The number of hydrogen-bond donors (Lipinski definition) is 2. The normalized spacial score (nSPS) is 11.3. The number of hydrogen-bond acceptors (Lipinski definition) is 8. The summed E-state index contributed by atoms with van der Waals surface area (Å²) in [6.45, 7) is 0. The molecular weight excluding hydrogens is 417 g/mol. The van der Waals surface area contributed by atoms with E-state index in [1.807, 2.05) is 0 Å². The van der Waals surface area contributed by atoms with Crippen molar-refractivity contribution in [1.29, 1.82) is 0 Å². The second kappa shape index (κ2) is 9.23. The van der Waals surface area contributed by atoms with Crippen LogP contribution in [0, 0.1) is 0 Å². The maximum Gasteiger partial charge on any atom is 0.244 e. The largest absolute Gasteiger partial charge is 0.497 e. The first-order valence-corrected chi connectivity index (χ1v) is 10.6. The maximum absolute atomic E-state index is 12.7. The smallest absolute Gasteiger partial charge is 0.244 e. The van der Waals surface area contributed by atoms with Crippen LogP contribution in [0.15, 0.2) is 53.6 Å². The van der Waals surface area contributed by atoms with E-state index < -0.39 is 10.0 Å². The molecule has 1 aromatic heterocycles. The van der Waals surface area contributed by atoms with Gasteiger partial charge in [-0.15, -0.1) is 0 Å². The topological polar surface area (TPSA) is 106 Å². The summed E-state index contributed by atoms with van der Waals surface area (Å²) in [7, 11) is 8.40. The van der Waals surface area contributed by atoms with Crippen molar-refractivity contribution in [2.45, 2.75) is 4.90 Å². The van der Waals surface area contributed by atoms with Crippen molar-refractivity contribution in [3.05, 3.63) is 48.7 Å². The third-order valence-electron chi connectivity index (χ3n) is 4.37. The zero-order valence-corrected chi connectivity index (χ0v) is 18.4. The summed E-state index contributed by atoms with van der Waals surface area (Å²) < 4.78 is 37.0. The minimum Gasteiger partial charge on any atom is -0.497 e. The van der Waals surface area contributed by atoms with Gasteiger partial charge in [0.2, 0.25) is 16.0 Å². The van der Waals surface area contributed by atoms with Crippen molar-refractivity contribution >= 4 is 46.5 Å². The predicted octanol–water partition coefficient (Wildman–Crippen LogP) is 2.03. The molecule has 160 valence electrons. The summed E-state index contributed by atoms with van der Waals surface area (Å²) in [6, 6.07) is 11.8. The van der Waals surface area contributed by atoms with Crippen molar-refractivity contribution in [3.63, 3.8) is 0 Å². The molecule has 11 heteroatoms. The monoisotopic (exact) mass is 439 g/mol. The molecule has 0 bridgehead atoms. The van der Waals surface area contributed by atoms with Gasteiger partial charge in [-0.1, -0.05) is 12.1 Å². The number of aromatic nitrogens is 2. The SMILES string of the molecule is [B]c1cnc(Nc2cc(OC)ccc2OC)nc1Nc1ccccc1S(=O)(=O)N(C)C. The van der Waals surface area contributed by atoms with E-state index >= 15 is 0 Å². The van der Waals surface area contributed by atoms with Gasteiger partial charge in [-0.25, -0.2) is 17.7 Å². The third kappa shape index (κ3) is 4.89. The van der Waals surface area contributed by atoms with Gasteiger partial charge in [0.1, 0.15) is 30.1 Å². The molecule has 9 nitrogen and oxygen atoms in total. The van der Waals surface area contributed by atoms with E-state index in [9.17, 15) is 8.42 Å². The number of nitrogens with one attached hydrogen (secondary N) is 2. The van der Waals surface area contributed by atoms with E-state index in [0.717, 1.165) is 4.31 Å². The van der Waals surface area contributed by atoms with Crippen LogP contribution in [0.2, 0.25) is 0 Å². The zero-order chi connectivity index (χ0) is 22.6. The van der Waals surface area contributed by atoms with Gasteiger partial charge in [0, 0.05) is 26.4 Å². The number of methoxy groups -OCH3 is 2. The molecule has 0 amide bonds. The van der Waals surface area contributed by atoms with Crippen LogP contribution in [0.1, 0.15) is 0 Å². The van der Waals surface area contributed by atoms with Crippen molar-refractivity contribution in [2.24, 2.45) is 0 Å². The fourth-order valence-corrected chi connectivity index (χ4v) is 3.74. The molecule has 0 aliphatic rings. The Morgan fingerprint density at radius 2 is 1.74 bits per heavy atom. The highest BCUT2D eigenvalue weighted by molar-refractivity contribution is 7.89. The maximum atomic E-state index is 12.7. The highest BCUT2D eigenvalue weighted by Crippen LogP contribution is 2.31. The van der Waals surface area contributed by atoms with Gasteiger partial charge in [0.15, 0.2) is 0 Å². The lowest BCUT2D eigenvalue weighted by molar-refractivity contribution is 0.405. The Morgan fingerprint density at radius 1 is 1.00 bits per heavy atom. The molecule has 3 rings (SSSR count). The summed E-state index contributed by atoms with van der Waals surface area (Å²) in [5, 5.41) is 6.07. The van der Waals surface area contributed by atoms with Crippen LogP contribution in [-0.2, 0) is 10.0 Å². The Balaban J connectivity index is 1.96. The van der Waals surface area contributed by atoms with E-state index in [4.69, 9.17) is 17.3 Å².